The van der Waals surface area contributed by atoms with Gasteiger partial charge in [-0.05, 0) is 25.4 Å². The van der Waals surface area contributed by atoms with Crippen molar-refractivity contribution in [3.8, 4) is 5.88 Å². The predicted molar refractivity (Wildman–Crippen MR) is 52.7 cm³/mol. The Bertz CT molecular complexity index is 332. The minimum absolute atomic E-state index is 0.222. The molecule has 0 atom stereocenters. The van der Waals surface area contributed by atoms with Crippen molar-refractivity contribution in [3.63, 3.8) is 0 Å². The van der Waals surface area contributed by atoms with Gasteiger partial charge in [0.15, 0.2) is 0 Å². The fraction of sp³-hybridized carbons (Fsp3) is 0.600. The van der Waals surface area contributed by atoms with Gasteiger partial charge in [0.2, 0.25) is 0 Å². The van der Waals surface area contributed by atoms with Crippen LogP contribution in [0.2, 0.25) is 0 Å². The average molecular weight is 213 g/mol. The summed E-state index contributed by atoms with van der Waals surface area (Å²) in [6.45, 7) is 3.97. The van der Waals surface area contributed by atoms with E-state index in [9.17, 15) is 4.79 Å². The molecule has 84 valence electrons. The maximum absolute atomic E-state index is 11.1. The molecule has 0 aliphatic carbocycles. The molecule has 0 aliphatic heterocycles. The van der Waals surface area contributed by atoms with Crippen molar-refractivity contribution in [1.29, 1.82) is 0 Å². The number of aromatic nitrogens is 1. The minimum Gasteiger partial charge on any atom is -0.479 e. The van der Waals surface area contributed by atoms with E-state index in [0.29, 0.717) is 31.1 Å². The van der Waals surface area contributed by atoms with Gasteiger partial charge < -0.3 is 14.0 Å². The second-order valence-electron chi connectivity index (χ2n) is 3.03. The van der Waals surface area contributed by atoms with E-state index in [-0.39, 0.29) is 5.97 Å². The van der Waals surface area contributed by atoms with Crippen LogP contribution in [0.1, 0.15) is 24.7 Å². The highest BCUT2D eigenvalue weighted by Crippen LogP contribution is 2.21. The lowest BCUT2D eigenvalue weighted by atomic mass is 10.1. The highest BCUT2D eigenvalue weighted by Gasteiger charge is 2.14. The van der Waals surface area contributed by atoms with Crippen LogP contribution in [0, 0.1) is 6.92 Å². The molecule has 5 heteroatoms. The molecule has 0 amide bonds. The zero-order valence-electron chi connectivity index (χ0n) is 9.20. The Morgan fingerprint density at radius 1 is 1.53 bits per heavy atom. The van der Waals surface area contributed by atoms with Crippen molar-refractivity contribution in [2.24, 2.45) is 0 Å². The van der Waals surface area contributed by atoms with Gasteiger partial charge in [0.25, 0.3) is 5.88 Å². The molecule has 1 heterocycles. The monoisotopic (exact) mass is 213 g/mol. The van der Waals surface area contributed by atoms with Crippen LogP contribution in [0.3, 0.4) is 0 Å². The normalized spacial score (nSPS) is 10.1. The Morgan fingerprint density at radius 2 is 2.27 bits per heavy atom. The minimum atomic E-state index is -0.222. The molecule has 1 aromatic heterocycles. The average Bonchev–Trinajstić information content (AvgIpc) is 2.57. The van der Waals surface area contributed by atoms with Gasteiger partial charge in [-0.3, -0.25) is 4.79 Å². The number of ether oxygens (including phenoxy) is 2. The summed E-state index contributed by atoms with van der Waals surface area (Å²) in [5.41, 5.74) is 0.825. The molecule has 5 nitrogen and oxygen atoms in total. The van der Waals surface area contributed by atoms with E-state index in [0.717, 1.165) is 5.56 Å². The van der Waals surface area contributed by atoms with Gasteiger partial charge in [0.05, 0.1) is 19.3 Å². The summed E-state index contributed by atoms with van der Waals surface area (Å²) in [5, 5.41) is 3.71. The van der Waals surface area contributed by atoms with Crippen molar-refractivity contribution in [2.45, 2.75) is 26.7 Å². The number of carbonyl (C=O) groups is 1. The van der Waals surface area contributed by atoms with Gasteiger partial charge in [-0.2, -0.15) is 0 Å². The molecule has 0 radical (unpaired) electrons. The fourth-order valence-corrected chi connectivity index (χ4v) is 1.27. The van der Waals surface area contributed by atoms with Gasteiger partial charge >= 0.3 is 5.97 Å². The third kappa shape index (κ3) is 2.97. The first kappa shape index (κ1) is 11.6. The summed E-state index contributed by atoms with van der Waals surface area (Å²) in [6.07, 6.45) is 0.837. The molecule has 1 rings (SSSR count). The summed E-state index contributed by atoms with van der Waals surface area (Å²) < 4.78 is 14.8. The zero-order valence-corrected chi connectivity index (χ0v) is 9.20. The molecule has 0 unspecified atom stereocenters. The molecule has 0 aromatic carbocycles. The molecular formula is C10H15NO4. The van der Waals surface area contributed by atoms with E-state index in [1.807, 2.05) is 0 Å². The Kier molecular flexibility index (Phi) is 4.15. The third-order valence-electron chi connectivity index (χ3n) is 2.03. The van der Waals surface area contributed by atoms with Crippen LogP contribution in [0.15, 0.2) is 4.52 Å². The second kappa shape index (κ2) is 5.38. The van der Waals surface area contributed by atoms with Gasteiger partial charge in [0.1, 0.15) is 5.76 Å². The van der Waals surface area contributed by atoms with Gasteiger partial charge in [-0.15, -0.1) is 0 Å². The number of methoxy groups -OCH3 is 1. The summed E-state index contributed by atoms with van der Waals surface area (Å²) in [7, 11) is 1.52. The Balaban J connectivity index is 2.56. The summed E-state index contributed by atoms with van der Waals surface area (Å²) in [5.74, 6) is 0.896. The van der Waals surface area contributed by atoms with Gasteiger partial charge in [-0.25, -0.2) is 0 Å². The molecule has 1 aromatic rings. The first-order valence-electron chi connectivity index (χ1n) is 4.83. The van der Waals surface area contributed by atoms with Crippen LogP contribution < -0.4 is 4.74 Å². The Hall–Kier alpha value is -1.52. The highest BCUT2D eigenvalue weighted by atomic mass is 16.5. The van der Waals surface area contributed by atoms with E-state index in [4.69, 9.17) is 14.0 Å². The van der Waals surface area contributed by atoms with Crippen molar-refractivity contribution in [3.05, 3.63) is 11.3 Å². The van der Waals surface area contributed by atoms with E-state index in [2.05, 4.69) is 5.16 Å². The van der Waals surface area contributed by atoms with Crippen molar-refractivity contribution in [1.82, 2.24) is 5.16 Å². The maximum atomic E-state index is 11.1. The van der Waals surface area contributed by atoms with Gasteiger partial charge in [-0.1, -0.05) is 0 Å². The fourth-order valence-electron chi connectivity index (χ4n) is 1.27. The quantitative estimate of drug-likeness (QED) is 0.693. The first-order valence-corrected chi connectivity index (χ1v) is 4.83. The molecule has 0 N–H and O–H groups in total. The molecule has 0 saturated heterocycles. The van der Waals surface area contributed by atoms with Crippen LogP contribution in [0.25, 0.3) is 0 Å². The first-order chi connectivity index (χ1) is 7.19. The topological polar surface area (TPSA) is 61.6 Å². The van der Waals surface area contributed by atoms with Gasteiger partial charge in [0, 0.05) is 6.42 Å². The Labute approximate surface area is 88.3 Å². The lowest BCUT2D eigenvalue weighted by Crippen LogP contribution is -2.05. The number of esters is 1. The van der Waals surface area contributed by atoms with Crippen molar-refractivity contribution >= 4 is 5.97 Å². The smallest absolute Gasteiger partial charge is 0.306 e. The van der Waals surface area contributed by atoms with E-state index >= 15 is 0 Å². The molecule has 0 bridgehead atoms. The molecule has 0 aliphatic rings. The number of nitrogens with zero attached hydrogens (tertiary/aromatic N) is 1. The lowest BCUT2D eigenvalue weighted by molar-refractivity contribution is -0.143. The van der Waals surface area contributed by atoms with Crippen LogP contribution in [0.4, 0.5) is 0 Å². The van der Waals surface area contributed by atoms with Crippen LogP contribution in [-0.4, -0.2) is 24.8 Å². The van der Waals surface area contributed by atoms with E-state index in [1.165, 1.54) is 7.11 Å². The molecule has 15 heavy (non-hydrogen) atoms. The number of aryl methyl sites for hydroxylation is 1. The number of rotatable bonds is 5. The van der Waals surface area contributed by atoms with Crippen LogP contribution in [0.5, 0.6) is 5.88 Å². The second-order valence-corrected chi connectivity index (χ2v) is 3.03. The molecule has 0 saturated carbocycles. The van der Waals surface area contributed by atoms with Crippen LogP contribution >= 0.6 is 0 Å². The lowest BCUT2D eigenvalue weighted by Gasteiger charge is -2.01. The zero-order chi connectivity index (χ0) is 11.3. The molecular weight excluding hydrogens is 198 g/mol. The standard InChI is InChI=1S/C10H15NO4/c1-4-14-9(12)6-5-8-7(2)15-11-10(8)13-3/h4-6H2,1-3H3. The summed E-state index contributed by atoms with van der Waals surface area (Å²) >= 11 is 0. The molecule has 0 fully saturated rings. The maximum Gasteiger partial charge on any atom is 0.306 e. The van der Waals surface area contributed by atoms with E-state index < -0.39 is 0 Å². The SMILES string of the molecule is CCOC(=O)CCc1c(OC)noc1C. The van der Waals surface area contributed by atoms with Crippen molar-refractivity contribution in [2.75, 3.05) is 13.7 Å². The van der Waals surface area contributed by atoms with E-state index in [1.54, 1.807) is 13.8 Å². The number of hydrogen-bond donors (Lipinski definition) is 0. The molecule has 0 spiro atoms. The number of hydrogen-bond acceptors (Lipinski definition) is 5. The highest BCUT2D eigenvalue weighted by molar-refractivity contribution is 5.69. The summed E-state index contributed by atoms with van der Waals surface area (Å²) in [4.78, 5) is 11.1. The third-order valence-corrected chi connectivity index (χ3v) is 2.03. The largest absolute Gasteiger partial charge is 0.479 e. The summed E-state index contributed by atoms with van der Waals surface area (Å²) in [6, 6.07) is 0. The van der Waals surface area contributed by atoms with Crippen LogP contribution in [-0.2, 0) is 16.0 Å². The predicted octanol–water partition coefficient (Wildman–Crippen LogP) is 1.49. The van der Waals surface area contributed by atoms with Crippen molar-refractivity contribution < 1.29 is 18.8 Å². The Morgan fingerprint density at radius 3 is 2.87 bits per heavy atom. The number of carbonyl (C=O) groups excluding carboxylic acids is 1.